The second-order valence-electron chi connectivity index (χ2n) is 8.47. The molecule has 2 aromatic heterocycles. The number of aryl methyl sites for hydroxylation is 3. The summed E-state index contributed by atoms with van der Waals surface area (Å²) in [5, 5.41) is 7.11. The summed E-state index contributed by atoms with van der Waals surface area (Å²) in [7, 11) is -3.72. The summed E-state index contributed by atoms with van der Waals surface area (Å²) in [4.78, 5) is 27.4. The Kier molecular flexibility index (Phi) is 6.82. The van der Waals surface area contributed by atoms with Gasteiger partial charge in [-0.3, -0.25) is 14.3 Å². The number of carbonyl (C=O) groups is 2. The van der Waals surface area contributed by atoms with Gasteiger partial charge in [-0.25, -0.2) is 8.42 Å². The summed E-state index contributed by atoms with van der Waals surface area (Å²) in [6.45, 7) is 8.71. The van der Waals surface area contributed by atoms with Crippen LogP contribution in [0.15, 0.2) is 45.9 Å². The van der Waals surface area contributed by atoms with Crippen molar-refractivity contribution in [3.63, 3.8) is 0 Å². The minimum absolute atomic E-state index is 0.174. The van der Waals surface area contributed by atoms with Crippen molar-refractivity contribution < 1.29 is 22.4 Å². The summed E-state index contributed by atoms with van der Waals surface area (Å²) in [5.74, 6) is -0.450. The fraction of sp³-hybridized carbons (Fsp3) is 0.375. The number of aromatic nitrogens is 2. The molecule has 3 heterocycles. The number of hydrogen-bond acceptors (Lipinski definition) is 6. The van der Waals surface area contributed by atoms with Crippen molar-refractivity contribution in [1.29, 1.82) is 0 Å². The third kappa shape index (κ3) is 4.73. The molecule has 0 bridgehead atoms. The number of nitrogens with one attached hydrogen (secondary N) is 1. The lowest BCUT2D eigenvalue weighted by atomic mass is 10.1. The van der Waals surface area contributed by atoms with E-state index in [0.29, 0.717) is 29.2 Å². The number of sulfonamides is 1. The molecule has 1 saturated heterocycles. The van der Waals surface area contributed by atoms with Gasteiger partial charge in [-0.05, 0) is 57.5 Å². The van der Waals surface area contributed by atoms with E-state index in [2.05, 4.69) is 10.4 Å². The number of furan rings is 1. The summed E-state index contributed by atoms with van der Waals surface area (Å²) in [6.07, 6.45) is 1.42. The Hall–Kier alpha value is -3.44. The Morgan fingerprint density at radius 1 is 1.09 bits per heavy atom. The van der Waals surface area contributed by atoms with Crippen LogP contribution in [-0.2, 0) is 16.6 Å². The van der Waals surface area contributed by atoms with Crippen LogP contribution in [0.5, 0.6) is 0 Å². The van der Waals surface area contributed by atoms with Gasteiger partial charge in [0, 0.05) is 44.0 Å². The molecule has 10 nitrogen and oxygen atoms in total. The molecule has 0 atom stereocenters. The van der Waals surface area contributed by atoms with Crippen molar-refractivity contribution in [3.05, 3.63) is 64.9 Å². The molecule has 1 aliphatic rings. The van der Waals surface area contributed by atoms with Gasteiger partial charge in [0.2, 0.25) is 10.0 Å². The van der Waals surface area contributed by atoms with E-state index >= 15 is 0 Å². The van der Waals surface area contributed by atoms with E-state index < -0.39 is 15.9 Å². The molecule has 1 aromatic carbocycles. The van der Waals surface area contributed by atoms with Crippen LogP contribution in [0.4, 0.5) is 5.69 Å². The molecule has 11 heteroatoms. The minimum atomic E-state index is -3.72. The van der Waals surface area contributed by atoms with Crippen LogP contribution >= 0.6 is 0 Å². The van der Waals surface area contributed by atoms with E-state index in [9.17, 15) is 18.0 Å². The van der Waals surface area contributed by atoms with Gasteiger partial charge in [0.05, 0.1) is 17.7 Å². The molecule has 35 heavy (non-hydrogen) atoms. The quantitative estimate of drug-likeness (QED) is 0.557. The molecule has 0 unspecified atom stereocenters. The zero-order valence-electron chi connectivity index (χ0n) is 20.2. The van der Waals surface area contributed by atoms with Crippen molar-refractivity contribution >= 4 is 27.5 Å². The molecule has 1 N–H and O–H groups in total. The maximum absolute atomic E-state index is 13.3. The highest BCUT2D eigenvalue weighted by atomic mass is 32.2. The Labute approximate surface area is 204 Å². The zero-order chi connectivity index (χ0) is 25.3. The van der Waals surface area contributed by atoms with Crippen LogP contribution in [0.1, 0.15) is 44.8 Å². The number of carbonyl (C=O) groups excluding carboxylic acids is 2. The first-order valence-corrected chi connectivity index (χ1v) is 12.9. The highest BCUT2D eigenvalue weighted by molar-refractivity contribution is 7.89. The minimum Gasteiger partial charge on any atom is -0.459 e. The Morgan fingerprint density at radius 2 is 1.80 bits per heavy atom. The van der Waals surface area contributed by atoms with Gasteiger partial charge in [-0.1, -0.05) is 6.07 Å². The molecular formula is C24H29N5O5S. The molecule has 0 spiro atoms. The van der Waals surface area contributed by atoms with Gasteiger partial charge in [-0.15, -0.1) is 0 Å². The van der Waals surface area contributed by atoms with Crippen LogP contribution in [0.3, 0.4) is 0 Å². The number of piperazine rings is 1. The summed E-state index contributed by atoms with van der Waals surface area (Å²) in [5.41, 5.74) is 2.82. The molecule has 0 aliphatic carbocycles. The average molecular weight is 500 g/mol. The first-order valence-electron chi connectivity index (χ1n) is 11.4. The van der Waals surface area contributed by atoms with Gasteiger partial charge >= 0.3 is 0 Å². The van der Waals surface area contributed by atoms with E-state index in [1.807, 2.05) is 13.8 Å². The fourth-order valence-corrected chi connectivity index (χ4v) is 6.08. The maximum atomic E-state index is 13.3. The molecule has 0 radical (unpaired) electrons. The van der Waals surface area contributed by atoms with Crippen LogP contribution < -0.4 is 5.32 Å². The SMILES string of the molecule is CCn1nc(C)c(S(=O)(=O)N2CCN(C(=O)c3ccc(C)c(NC(=O)c4ccco4)c3)CC2)c1C. The summed E-state index contributed by atoms with van der Waals surface area (Å²) >= 11 is 0. The third-order valence-electron chi connectivity index (χ3n) is 6.22. The average Bonchev–Trinajstić information content (AvgIpc) is 3.48. The maximum Gasteiger partial charge on any atom is 0.291 e. The summed E-state index contributed by atoms with van der Waals surface area (Å²) in [6, 6.07) is 8.29. The lowest BCUT2D eigenvalue weighted by Gasteiger charge is -2.34. The van der Waals surface area contributed by atoms with Crippen molar-refractivity contribution in [1.82, 2.24) is 19.0 Å². The number of hydrogen-bond donors (Lipinski definition) is 1. The Morgan fingerprint density at radius 3 is 2.40 bits per heavy atom. The molecule has 0 saturated carbocycles. The molecule has 4 rings (SSSR count). The molecule has 1 aliphatic heterocycles. The van der Waals surface area contributed by atoms with E-state index in [-0.39, 0.29) is 42.7 Å². The van der Waals surface area contributed by atoms with Crippen molar-refractivity contribution in [2.75, 3.05) is 31.5 Å². The number of amides is 2. The van der Waals surface area contributed by atoms with Crippen molar-refractivity contribution in [2.45, 2.75) is 39.1 Å². The molecule has 2 amide bonds. The van der Waals surface area contributed by atoms with E-state index in [1.54, 1.807) is 53.8 Å². The van der Waals surface area contributed by atoms with Gasteiger partial charge in [-0.2, -0.15) is 9.40 Å². The normalized spacial score (nSPS) is 14.8. The van der Waals surface area contributed by atoms with Gasteiger partial charge < -0.3 is 14.6 Å². The van der Waals surface area contributed by atoms with Gasteiger partial charge in [0.15, 0.2) is 5.76 Å². The van der Waals surface area contributed by atoms with E-state index in [1.165, 1.54) is 10.6 Å². The lowest BCUT2D eigenvalue weighted by molar-refractivity contribution is 0.0697. The van der Waals surface area contributed by atoms with E-state index in [4.69, 9.17) is 4.42 Å². The first kappa shape index (κ1) is 24.7. The van der Waals surface area contributed by atoms with Crippen molar-refractivity contribution in [3.8, 4) is 0 Å². The number of anilines is 1. The van der Waals surface area contributed by atoms with Crippen LogP contribution in [0.25, 0.3) is 0 Å². The second kappa shape index (κ2) is 9.67. The lowest BCUT2D eigenvalue weighted by Crippen LogP contribution is -2.50. The first-order chi connectivity index (χ1) is 16.6. The van der Waals surface area contributed by atoms with Crippen LogP contribution in [0.2, 0.25) is 0 Å². The Bertz CT molecular complexity index is 1350. The summed E-state index contributed by atoms with van der Waals surface area (Å²) < 4.78 is 34.8. The zero-order valence-corrected chi connectivity index (χ0v) is 21.1. The predicted octanol–water partition coefficient (Wildman–Crippen LogP) is 2.82. The number of rotatable bonds is 6. The largest absolute Gasteiger partial charge is 0.459 e. The molecule has 3 aromatic rings. The standard InChI is InChI=1S/C24H29N5O5S/c1-5-29-18(4)22(17(3)26-29)35(32,33)28-12-10-27(11-13-28)24(31)19-9-8-16(2)20(15-19)25-23(30)21-7-6-14-34-21/h6-9,14-15H,5,10-13H2,1-4H3,(H,25,30). The van der Waals surface area contributed by atoms with Crippen LogP contribution in [0, 0.1) is 20.8 Å². The molecular weight excluding hydrogens is 470 g/mol. The van der Waals surface area contributed by atoms with E-state index in [0.717, 1.165) is 5.56 Å². The highest BCUT2D eigenvalue weighted by Gasteiger charge is 2.34. The van der Waals surface area contributed by atoms with Crippen molar-refractivity contribution in [2.24, 2.45) is 0 Å². The highest BCUT2D eigenvalue weighted by Crippen LogP contribution is 2.25. The fourth-order valence-electron chi connectivity index (χ4n) is 4.29. The third-order valence-corrected chi connectivity index (χ3v) is 8.37. The number of nitrogens with zero attached hydrogens (tertiary/aromatic N) is 4. The smallest absolute Gasteiger partial charge is 0.291 e. The van der Waals surface area contributed by atoms with Crippen LogP contribution in [-0.4, -0.2) is 65.4 Å². The topological polar surface area (TPSA) is 118 Å². The van der Waals surface area contributed by atoms with Gasteiger partial charge in [0.25, 0.3) is 11.8 Å². The monoisotopic (exact) mass is 499 g/mol. The Balaban J connectivity index is 1.46. The molecule has 186 valence electrons. The number of benzene rings is 1. The molecule has 1 fully saturated rings. The second-order valence-corrected chi connectivity index (χ2v) is 10.3. The van der Waals surface area contributed by atoms with Gasteiger partial charge in [0.1, 0.15) is 4.90 Å². The predicted molar refractivity (Wildman–Crippen MR) is 130 cm³/mol.